The molecule has 2 aliphatic rings. The number of hydrogen-bond acceptors (Lipinski definition) is 6. The van der Waals surface area contributed by atoms with E-state index >= 15 is 0 Å². The van der Waals surface area contributed by atoms with Crippen LogP contribution in [0.4, 0.5) is 9.59 Å². The third-order valence-electron chi connectivity index (χ3n) is 6.86. The number of ether oxygens (including phenoxy) is 1. The minimum absolute atomic E-state index is 0.113. The lowest BCUT2D eigenvalue weighted by atomic mass is 9.85. The van der Waals surface area contributed by atoms with E-state index in [2.05, 4.69) is 30.4 Å². The number of likely N-dealkylation sites (tertiary alicyclic amines) is 1. The largest absolute Gasteiger partial charge is 0.465 e. The van der Waals surface area contributed by atoms with Gasteiger partial charge in [-0.25, -0.2) is 15.1 Å². The standard InChI is InChI=1S/C24H38N4O6Si/c1-35(2,3)14-13-28(24(31)32)21-15-18(26-33)9-10-20(21)27-12-11-19(22(27)29)25-23(30)34-16-17-7-5-4-6-8-17/h4-8,18-21,26,33H,9-16H2,1-3H3,(H,25,30)(H,31,32)/t18-,19+,20+,21-/m1/s1. The highest BCUT2D eigenvalue weighted by Gasteiger charge is 2.45. The molecule has 3 amide bonds. The molecule has 35 heavy (non-hydrogen) atoms. The molecule has 1 aliphatic carbocycles. The summed E-state index contributed by atoms with van der Waals surface area (Å²) in [6, 6.07) is 8.43. The van der Waals surface area contributed by atoms with Crippen molar-refractivity contribution in [3.63, 3.8) is 0 Å². The molecule has 2 fully saturated rings. The van der Waals surface area contributed by atoms with E-state index in [1.165, 1.54) is 4.90 Å². The lowest BCUT2D eigenvalue weighted by Crippen LogP contribution is -2.59. The number of amides is 3. The van der Waals surface area contributed by atoms with Gasteiger partial charge in [0.15, 0.2) is 0 Å². The van der Waals surface area contributed by atoms with Crippen molar-refractivity contribution in [2.75, 3.05) is 13.1 Å². The molecule has 0 radical (unpaired) electrons. The third kappa shape index (κ3) is 7.42. The van der Waals surface area contributed by atoms with Crippen LogP contribution in [0.1, 0.15) is 31.2 Å². The molecule has 1 aliphatic heterocycles. The Labute approximate surface area is 207 Å². The van der Waals surface area contributed by atoms with Crippen LogP contribution in [0.3, 0.4) is 0 Å². The molecule has 4 N–H and O–H groups in total. The van der Waals surface area contributed by atoms with Crippen molar-refractivity contribution < 1.29 is 29.4 Å². The van der Waals surface area contributed by atoms with Gasteiger partial charge in [0.2, 0.25) is 5.91 Å². The van der Waals surface area contributed by atoms with Crippen LogP contribution in [0.2, 0.25) is 25.7 Å². The minimum atomic E-state index is -1.50. The molecule has 10 nitrogen and oxygen atoms in total. The fourth-order valence-corrected chi connectivity index (χ4v) is 5.79. The average Bonchev–Trinajstić information content (AvgIpc) is 3.17. The Morgan fingerprint density at radius 2 is 1.89 bits per heavy atom. The molecule has 0 bridgehead atoms. The lowest BCUT2D eigenvalue weighted by Gasteiger charge is -2.45. The van der Waals surface area contributed by atoms with Gasteiger partial charge in [-0.1, -0.05) is 50.0 Å². The van der Waals surface area contributed by atoms with Crippen LogP contribution in [0.25, 0.3) is 0 Å². The van der Waals surface area contributed by atoms with Gasteiger partial charge >= 0.3 is 12.2 Å². The van der Waals surface area contributed by atoms with Crippen molar-refractivity contribution in [1.29, 1.82) is 0 Å². The zero-order valence-electron chi connectivity index (χ0n) is 20.8. The monoisotopic (exact) mass is 506 g/mol. The smallest absolute Gasteiger partial charge is 0.408 e. The number of alkyl carbamates (subject to hydrolysis) is 1. The van der Waals surface area contributed by atoms with Crippen molar-refractivity contribution >= 4 is 26.2 Å². The van der Waals surface area contributed by atoms with Gasteiger partial charge in [0.25, 0.3) is 0 Å². The van der Waals surface area contributed by atoms with Gasteiger partial charge in [-0.2, -0.15) is 0 Å². The molecule has 1 saturated carbocycles. The van der Waals surface area contributed by atoms with Crippen LogP contribution in [0, 0.1) is 0 Å². The van der Waals surface area contributed by atoms with E-state index in [0.717, 1.165) is 11.6 Å². The van der Waals surface area contributed by atoms with E-state index in [1.807, 2.05) is 30.3 Å². The molecule has 0 unspecified atom stereocenters. The maximum Gasteiger partial charge on any atom is 0.408 e. The van der Waals surface area contributed by atoms with Gasteiger partial charge in [0, 0.05) is 27.2 Å². The second-order valence-electron chi connectivity index (χ2n) is 10.6. The molecule has 1 saturated heterocycles. The first-order valence-electron chi connectivity index (χ1n) is 12.3. The highest BCUT2D eigenvalue weighted by Crippen LogP contribution is 2.31. The quantitative estimate of drug-likeness (QED) is 0.299. The van der Waals surface area contributed by atoms with Crippen molar-refractivity contribution in [3.8, 4) is 0 Å². The van der Waals surface area contributed by atoms with Crippen molar-refractivity contribution in [3.05, 3.63) is 35.9 Å². The summed E-state index contributed by atoms with van der Waals surface area (Å²) in [6.45, 7) is 7.53. The van der Waals surface area contributed by atoms with Crippen LogP contribution in [-0.2, 0) is 16.1 Å². The van der Waals surface area contributed by atoms with Crippen LogP contribution >= 0.6 is 0 Å². The van der Waals surface area contributed by atoms with Gasteiger partial charge in [-0.3, -0.25) is 4.79 Å². The number of nitrogens with zero attached hydrogens (tertiary/aromatic N) is 2. The van der Waals surface area contributed by atoms with Crippen LogP contribution in [0.15, 0.2) is 30.3 Å². The van der Waals surface area contributed by atoms with E-state index in [0.29, 0.717) is 38.8 Å². The number of rotatable bonds is 9. The Morgan fingerprint density at radius 3 is 2.51 bits per heavy atom. The zero-order chi connectivity index (χ0) is 25.6. The Hall–Kier alpha value is -2.63. The highest BCUT2D eigenvalue weighted by molar-refractivity contribution is 6.76. The summed E-state index contributed by atoms with van der Waals surface area (Å²) in [5.74, 6) is -0.220. The predicted molar refractivity (Wildman–Crippen MR) is 133 cm³/mol. The number of carbonyl (C=O) groups is 3. The Bertz CT molecular complexity index is 881. The fraction of sp³-hybridized carbons (Fsp3) is 0.625. The van der Waals surface area contributed by atoms with Gasteiger partial charge in [0.05, 0.1) is 12.1 Å². The number of hydroxylamine groups is 1. The molecule has 0 aromatic heterocycles. The lowest BCUT2D eigenvalue weighted by molar-refractivity contribution is -0.133. The van der Waals surface area contributed by atoms with Crippen LogP contribution in [-0.4, -0.2) is 83.5 Å². The number of benzene rings is 1. The van der Waals surface area contributed by atoms with Crippen molar-refractivity contribution in [2.45, 2.75) is 82.1 Å². The van der Waals surface area contributed by atoms with Gasteiger partial charge in [-0.05, 0) is 37.3 Å². The summed E-state index contributed by atoms with van der Waals surface area (Å²) < 4.78 is 5.26. The topological polar surface area (TPSA) is 131 Å². The van der Waals surface area contributed by atoms with Gasteiger partial charge in [-0.15, -0.1) is 0 Å². The molecule has 0 spiro atoms. The summed E-state index contributed by atoms with van der Waals surface area (Å²) >= 11 is 0. The SMILES string of the molecule is C[Si](C)(C)CCN(C(=O)O)[C@@H]1C[C@H](NO)CC[C@@H]1N1CC[C@H](NC(=O)OCc2ccccc2)C1=O. The van der Waals surface area contributed by atoms with E-state index < -0.39 is 32.3 Å². The third-order valence-corrected chi connectivity index (χ3v) is 8.58. The molecule has 1 aromatic carbocycles. The summed E-state index contributed by atoms with van der Waals surface area (Å²) in [5, 5.41) is 22.2. The molecule has 4 atom stereocenters. The maximum absolute atomic E-state index is 13.3. The van der Waals surface area contributed by atoms with Gasteiger partial charge in [0.1, 0.15) is 12.6 Å². The highest BCUT2D eigenvalue weighted by atomic mass is 28.3. The number of carboxylic acid groups (broad SMARTS) is 1. The summed E-state index contributed by atoms with van der Waals surface area (Å²) in [7, 11) is -1.50. The molecular formula is C24H38N4O6Si. The molecule has 1 aromatic rings. The zero-order valence-corrected chi connectivity index (χ0v) is 21.8. The van der Waals surface area contributed by atoms with Crippen molar-refractivity contribution in [1.82, 2.24) is 20.6 Å². The summed E-state index contributed by atoms with van der Waals surface area (Å²) in [6.07, 6.45) is 0.381. The second kappa shape index (κ2) is 11.9. The molecule has 3 rings (SSSR count). The molecule has 1 heterocycles. The first-order valence-corrected chi connectivity index (χ1v) is 16.0. The summed E-state index contributed by atoms with van der Waals surface area (Å²) in [4.78, 5) is 41.0. The van der Waals surface area contributed by atoms with E-state index in [-0.39, 0.29) is 24.6 Å². The van der Waals surface area contributed by atoms with Crippen molar-refractivity contribution in [2.24, 2.45) is 0 Å². The first kappa shape index (κ1) is 27.0. The van der Waals surface area contributed by atoms with E-state index in [4.69, 9.17) is 4.74 Å². The first-order chi connectivity index (χ1) is 16.6. The predicted octanol–water partition coefficient (Wildman–Crippen LogP) is 3.10. The maximum atomic E-state index is 13.3. The molecular weight excluding hydrogens is 468 g/mol. The Kier molecular flexibility index (Phi) is 9.14. The fourth-order valence-electron chi connectivity index (χ4n) is 4.88. The average molecular weight is 507 g/mol. The van der Waals surface area contributed by atoms with Crippen LogP contribution in [0.5, 0.6) is 0 Å². The van der Waals surface area contributed by atoms with Crippen LogP contribution < -0.4 is 10.8 Å². The summed E-state index contributed by atoms with van der Waals surface area (Å²) in [5.41, 5.74) is 3.15. The molecule has 11 heteroatoms. The normalized spacial score (nSPS) is 24.8. The van der Waals surface area contributed by atoms with Gasteiger partial charge < -0.3 is 30.2 Å². The second-order valence-corrected chi connectivity index (χ2v) is 16.3. The number of nitrogens with one attached hydrogen (secondary N) is 2. The number of hydrogen-bond donors (Lipinski definition) is 4. The Balaban J connectivity index is 1.66. The number of carbonyl (C=O) groups excluding carboxylic acids is 2. The van der Waals surface area contributed by atoms with E-state index in [1.54, 1.807) is 4.90 Å². The molecule has 194 valence electrons. The Morgan fingerprint density at radius 1 is 1.17 bits per heavy atom. The van der Waals surface area contributed by atoms with E-state index in [9.17, 15) is 24.7 Å². The minimum Gasteiger partial charge on any atom is -0.465 e.